The molecule has 0 radical (unpaired) electrons. The topological polar surface area (TPSA) is 43.1 Å². The van der Waals surface area contributed by atoms with Crippen LogP contribution in [-0.2, 0) is 0 Å². The largest absolute Gasteiger partial charge is 0.272 e. The van der Waals surface area contributed by atoms with Crippen molar-refractivity contribution in [1.29, 1.82) is 0 Å². The first-order valence-corrected chi connectivity index (χ1v) is 3.88. The van der Waals surface area contributed by atoms with Crippen LogP contribution in [0, 0.1) is 17.0 Å². The highest BCUT2D eigenvalue weighted by atomic mass is 35.5. The first kappa shape index (κ1) is 9.29. The van der Waals surface area contributed by atoms with Gasteiger partial charge in [-0.3, -0.25) is 10.1 Å². The molecule has 0 aromatic heterocycles. The minimum Gasteiger partial charge on any atom is -0.258 e. The fourth-order valence-electron chi connectivity index (χ4n) is 0.737. The van der Waals surface area contributed by atoms with Crippen molar-refractivity contribution in [3.8, 4) is 0 Å². The number of nitro benzene ring substituents is 1. The van der Waals surface area contributed by atoms with Gasteiger partial charge in [-0.2, -0.15) is 0 Å². The van der Waals surface area contributed by atoms with Crippen LogP contribution < -0.4 is 0 Å². The third-order valence-corrected chi connectivity index (χ3v) is 2.26. The maximum atomic E-state index is 10.3. The van der Waals surface area contributed by atoms with Gasteiger partial charge >= 0.3 is 0 Å². The summed E-state index contributed by atoms with van der Waals surface area (Å²) in [4.78, 5) is 9.77. The Kier molecular flexibility index (Phi) is 2.55. The second-order valence-corrected chi connectivity index (χ2v) is 3.11. The molecule has 1 rings (SSSR count). The summed E-state index contributed by atoms with van der Waals surface area (Å²) >= 11 is 11.3. The van der Waals surface area contributed by atoms with E-state index in [0.29, 0.717) is 15.6 Å². The van der Waals surface area contributed by atoms with E-state index >= 15 is 0 Å². The van der Waals surface area contributed by atoms with Gasteiger partial charge in [-0.05, 0) is 12.5 Å². The Morgan fingerprint density at radius 1 is 1.33 bits per heavy atom. The Morgan fingerprint density at radius 3 is 2.08 bits per heavy atom. The average Bonchev–Trinajstić information content (AvgIpc) is 1.99. The van der Waals surface area contributed by atoms with E-state index in [1.165, 1.54) is 12.1 Å². The summed E-state index contributed by atoms with van der Waals surface area (Å²) in [5, 5.41) is 10.9. The number of non-ortho nitro benzene ring substituents is 1. The zero-order chi connectivity index (χ0) is 9.30. The SMILES string of the molecule is Cc1c(Cl)cc([N+](=O)[O-])cc1Cl. The van der Waals surface area contributed by atoms with Crippen molar-refractivity contribution in [1.82, 2.24) is 0 Å². The molecule has 0 unspecified atom stereocenters. The van der Waals surface area contributed by atoms with E-state index in [1.54, 1.807) is 6.92 Å². The molecule has 0 amide bonds. The fourth-order valence-corrected chi connectivity index (χ4v) is 1.21. The molecule has 0 atom stereocenters. The number of hydrogen-bond acceptors (Lipinski definition) is 2. The van der Waals surface area contributed by atoms with Crippen molar-refractivity contribution in [3.63, 3.8) is 0 Å². The lowest BCUT2D eigenvalue weighted by molar-refractivity contribution is -0.384. The predicted octanol–water partition coefficient (Wildman–Crippen LogP) is 3.21. The molecule has 0 saturated carbocycles. The van der Waals surface area contributed by atoms with E-state index in [1.807, 2.05) is 0 Å². The third-order valence-electron chi connectivity index (χ3n) is 1.48. The van der Waals surface area contributed by atoms with Crippen LogP contribution in [0.3, 0.4) is 0 Å². The first-order valence-electron chi connectivity index (χ1n) is 3.12. The van der Waals surface area contributed by atoms with Gasteiger partial charge in [0.05, 0.1) is 15.0 Å². The minimum atomic E-state index is -0.531. The van der Waals surface area contributed by atoms with Crippen molar-refractivity contribution in [2.75, 3.05) is 0 Å². The lowest BCUT2D eigenvalue weighted by Gasteiger charge is -1.99. The summed E-state index contributed by atoms with van der Waals surface area (Å²) in [5.41, 5.74) is 0.569. The van der Waals surface area contributed by atoms with Gasteiger partial charge < -0.3 is 0 Å². The second-order valence-electron chi connectivity index (χ2n) is 2.29. The van der Waals surface area contributed by atoms with Crippen LogP contribution in [0.4, 0.5) is 5.69 Å². The van der Waals surface area contributed by atoms with Crippen LogP contribution in [0.25, 0.3) is 0 Å². The standard InChI is InChI=1S/C7H5Cl2NO2/c1-4-6(8)2-5(10(11)12)3-7(4)9/h2-3H,1H3. The molecular weight excluding hydrogens is 201 g/mol. The molecule has 0 aliphatic heterocycles. The quantitative estimate of drug-likeness (QED) is 0.522. The van der Waals surface area contributed by atoms with Gasteiger partial charge in [0.2, 0.25) is 0 Å². The molecule has 0 heterocycles. The maximum absolute atomic E-state index is 10.3. The van der Waals surface area contributed by atoms with Gasteiger partial charge in [-0.25, -0.2) is 0 Å². The summed E-state index contributed by atoms with van der Waals surface area (Å²) in [6.45, 7) is 1.70. The van der Waals surface area contributed by atoms with E-state index in [0.717, 1.165) is 0 Å². The van der Waals surface area contributed by atoms with Gasteiger partial charge in [-0.15, -0.1) is 0 Å². The van der Waals surface area contributed by atoms with Crippen molar-refractivity contribution in [2.45, 2.75) is 6.92 Å². The van der Waals surface area contributed by atoms with E-state index < -0.39 is 4.92 Å². The van der Waals surface area contributed by atoms with Gasteiger partial charge in [0.15, 0.2) is 0 Å². The Bertz CT molecular complexity index is 315. The average molecular weight is 206 g/mol. The number of hydrogen-bond donors (Lipinski definition) is 0. The molecule has 12 heavy (non-hydrogen) atoms. The van der Waals surface area contributed by atoms with Crippen molar-refractivity contribution in [2.24, 2.45) is 0 Å². The summed E-state index contributed by atoms with van der Waals surface area (Å²) in [6, 6.07) is 2.56. The van der Waals surface area contributed by atoms with Crippen molar-refractivity contribution in [3.05, 3.63) is 37.9 Å². The summed E-state index contributed by atoms with van der Waals surface area (Å²) in [7, 11) is 0. The molecule has 0 aliphatic carbocycles. The van der Waals surface area contributed by atoms with Gasteiger partial charge in [0, 0.05) is 12.1 Å². The van der Waals surface area contributed by atoms with Crippen LogP contribution in [0.2, 0.25) is 10.0 Å². The summed E-state index contributed by atoms with van der Waals surface area (Å²) in [5.74, 6) is 0. The minimum absolute atomic E-state index is 0.0874. The molecule has 1 aromatic rings. The van der Waals surface area contributed by atoms with Crippen molar-refractivity contribution >= 4 is 28.9 Å². The Hall–Kier alpha value is -0.800. The van der Waals surface area contributed by atoms with E-state index in [4.69, 9.17) is 23.2 Å². The molecule has 64 valence electrons. The Labute approximate surface area is 79.1 Å². The number of nitro groups is 1. The van der Waals surface area contributed by atoms with Crippen LogP contribution in [0.15, 0.2) is 12.1 Å². The first-order chi connectivity index (χ1) is 5.52. The zero-order valence-corrected chi connectivity index (χ0v) is 7.69. The molecule has 5 heteroatoms. The van der Waals surface area contributed by atoms with Gasteiger partial charge in [0.25, 0.3) is 5.69 Å². The van der Waals surface area contributed by atoms with Crippen LogP contribution in [0.1, 0.15) is 5.56 Å². The lowest BCUT2D eigenvalue weighted by Crippen LogP contribution is -1.89. The van der Waals surface area contributed by atoms with Gasteiger partial charge in [0.1, 0.15) is 0 Å². The molecule has 0 N–H and O–H groups in total. The molecule has 0 spiro atoms. The third kappa shape index (κ3) is 1.68. The summed E-state index contributed by atoms with van der Waals surface area (Å²) < 4.78 is 0. The highest BCUT2D eigenvalue weighted by Crippen LogP contribution is 2.28. The van der Waals surface area contributed by atoms with Gasteiger partial charge in [-0.1, -0.05) is 23.2 Å². The molecular formula is C7H5Cl2NO2. The normalized spacial score (nSPS) is 9.92. The maximum Gasteiger partial charge on any atom is 0.272 e. The fraction of sp³-hybridized carbons (Fsp3) is 0.143. The Balaban J connectivity index is 3.31. The number of nitrogens with zero attached hydrogens (tertiary/aromatic N) is 1. The smallest absolute Gasteiger partial charge is 0.258 e. The molecule has 1 aromatic carbocycles. The second kappa shape index (κ2) is 3.29. The number of rotatable bonds is 1. The van der Waals surface area contributed by atoms with Crippen LogP contribution in [0.5, 0.6) is 0 Å². The van der Waals surface area contributed by atoms with E-state index in [-0.39, 0.29) is 5.69 Å². The monoisotopic (exact) mass is 205 g/mol. The zero-order valence-electron chi connectivity index (χ0n) is 6.17. The number of halogens is 2. The molecule has 0 aliphatic rings. The highest BCUT2D eigenvalue weighted by molar-refractivity contribution is 6.36. The summed E-state index contributed by atoms with van der Waals surface area (Å²) in [6.07, 6.45) is 0. The molecule has 3 nitrogen and oxygen atoms in total. The number of benzene rings is 1. The molecule has 0 saturated heterocycles. The lowest BCUT2D eigenvalue weighted by atomic mass is 10.2. The molecule has 0 fully saturated rings. The van der Waals surface area contributed by atoms with E-state index in [9.17, 15) is 10.1 Å². The highest BCUT2D eigenvalue weighted by Gasteiger charge is 2.10. The van der Waals surface area contributed by atoms with Crippen LogP contribution >= 0.6 is 23.2 Å². The molecule has 0 bridgehead atoms. The Morgan fingerprint density at radius 2 is 1.75 bits per heavy atom. The van der Waals surface area contributed by atoms with Crippen LogP contribution in [-0.4, -0.2) is 4.92 Å². The van der Waals surface area contributed by atoms with Crippen molar-refractivity contribution < 1.29 is 4.92 Å². The predicted molar refractivity (Wildman–Crippen MR) is 47.9 cm³/mol. The van der Waals surface area contributed by atoms with E-state index in [2.05, 4.69) is 0 Å².